The topological polar surface area (TPSA) is 13.0 Å². The van der Waals surface area contributed by atoms with Crippen LogP contribution in [-0.4, -0.2) is 95.1 Å². The number of fused-ring (bicyclic) bond motifs is 1. The van der Waals surface area contributed by atoms with E-state index in [9.17, 15) is 0 Å². The van der Waals surface area contributed by atoms with Gasteiger partial charge >= 0.3 is 0 Å². The van der Waals surface area contributed by atoms with Gasteiger partial charge in [0.15, 0.2) is 0 Å². The highest BCUT2D eigenvalue weighted by molar-refractivity contribution is 4.98. The Morgan fingerprint density at radius 2 is 1.16 bits per heavy atom. The van der Waals surface area contributed by atoms with E-state index in [0.29, 0.717) is 27.4 Å². The number of likely N-dealkylation sites (tertiary alicyclic amines) is 4. The van der Waals surface area contributed by atoms with E-state index in [4.69, 9.17) is 0 Å². The SMILES string of the molecule is CC(C)(C)CN1CCCC2(CCN(C(C)(C)CCC(C)(C)N3CCC4CCN(C(C)(C)C)CC4C3)CC2)C1. The second-order valence-electron chi connectivity index (χ2n) is 17.6. The summed E-state index contributed by atoms with van der Waals surface area (Å²) in [6.07, 6.45) is 11.1. The summed E-state index contributed by atoms with van der Waals surface area (Å²) < 4.78 is 0. The smallest absolute Gasteiger partial charge is 0.0154 e. The summed E-state index contributed by atoms with van der Waals surface area (Å²) in [7, 11) is 0. The lowest BCUT2D eigenvalue weighted by atomic mass is 9.71. The second kappa shape index (κ2) is 11.3. The number of hydrogen-bond acceptors (Lipinski definition) is 4. The third-order valence-corrected chi connectivity index (χ3v) is 11.4. The summed E-state index contributed by atoms with van der Waals surface area (Å²) in [5.74, 6) is 1.81. The standard InChI is InChI=1S/C34H66N4/c1-30(2,3)26-35-19-11-14-34(27-35)17-22-36(23-18-34)32(7,8)15-16-33(9,10)38-21-13-28-12-20-37(31(4,5)6)24-29(28)25-38/h28-29H,11-27H2,1-10H3. The van der Waals surface area contributed by atoms with Crippen LogP contribution in [0.2, 0.25) is 0 Å². The van der Waals surface area contributed by atoms with Crippen molar-refractivity contribution in [3.05, 3.63) is 0 Å². The molecule has 1 spiro atoms. The van der Waals surface area contributed by atoms with Crippen LogP contribution in [-0.2, 0) is 0 Å². The van der Waals surface area contributed by atoms with Crippen molar-refractivity contribution in [3.63, 3.8) is 0 Å². The molecular weight excluding hydrogens is 464 g/mol. The van der Waals surface area contributed by atoms with Crippen LogP contribution in [0.5, 0.6) is 0 Å². The third-order valence-electron chi connectivity index (χ3n) is 11.4. The van der Waals surface area contributed by atoms with Gasteiger partial charge in [-0.2, -0.15) is 0 Å². The van der Waals surface area contributed by atoms with Gasteiger partial charge in [-0.1, -0.05) is 20.8 Å². The Balaban J connectivity index is 1.28. The fraction of sp³-hybridized carbons (Fsp3) is 1.00. The number of piperidine rings is 4. The summed E-state index contributed by atoms with van der Waals surface area (Å²) in [6.45, 7) is 36.3. The Labute approximate surface area is 238 Å². The average Bonchev–Trinajstić information content (AvgIpc) is 2.81. The summed E-state index contributed by atoms with van der Waals surface area (Å²) in [4.78, 5) is 11.3. The van der Waals surface area contributed by atoms with Gasteiger partial charge in [0, 0.05) is 42.8 Å². The van der Waals surface area contributed by atoms with Gasteiger partial charge in [0.05, 0.1) is 0 Å². The molecule has 0 aromatic rings. The van der Waals surface area contributed by atoms with Gasteiger partial charge < -0.3 is 4.90 Å². The molecule has 0 bridgehead atoms. The minimum atomic E-state index is 0.292. The van der Waals surface area contributed by atoms with E-state index in [0.717, 1.165) is 11.8 Å². The zero-order valence-electron chi connectivity index (χ0n) is 27.5. The molecule has 0 aromatic heterocycles. The van der Waals surface area contributed by atoms with E-state index in [-0.39, 0.29) is 0 Å². The maximum atomic E-state index is 2.88. The van der Waals surface area contributed by atoms with Crippen LogP contribution >= 0.6 is 0 Å². The van der Waals surface area contributed by atoms with Crippen molar-refractivity contribution in [1.29, 1.82) is 0 Å². The minimum Gasteiger partial charge on any atom is -0.302 e. The fourth-order valence-electron chi connectivity index (χ4n) is 8.56. The number of hydrogen-bond donors (Lipinski definition) is 0. The molecule has 0 radical (unpaired) electrons. The van der Waals surface area contributed by atoms with Gasteiger partial charge in [-0.25, -0.2) is 0 Å². The molecule has 0 aromatic carbocycles. The molecule has 0 saturated carbocycles. The van der Waals surface area contributed by atoms with Crippen LogP contribution in [0.15, 0.2) is 0 Å². The number of rotatable bonds is 6. The lowest BCUT2D eigenvalue weighted by molar-refractivity contribution is -0.0383. The molecule has 4 heterocycles. The molecule has 2 unspecified atom stereocenters. The molecule has 0 amide bonds. The molecule has 4 aliphatic rings. The molecule has 0 N–H and O–H groups in total. The van der Waals surface area contributed by atoms with Crippen molar-refractivity contribution in [1.82, 2.24) is 19.6 Å². The maximum absolute atomic E-state index is 2.88. The summed E-state index contributed by atoms with van der Waals surface area (Å²) in [6, 6.07) is 0. The van der Waals surface area contributed by atoms with Gasteiger partial charge in [-0.15, -0.1) is 0 Å². The zero-order chi connectivity index (χ0) is 28.0. The van der Waals surface area contributed by atoms with Crippen molar-refractivity contribution < 1.29 is 0 Å². The first-order chi connectivity index (χ1) is 17.5. The van der Waals surface area contributed by atoms with Crippen LogP contribution in [0.3, 0.4) is 0 Å². The van der Waals surface area contributed by atoms with Gasteiger partial charge in [0.2, 0.25) is 0 Å². The Morgan fingerprint density at radius 3 is 1.74 bits per heavy atom. The highest BCUT2D eigenvalue weighted by atomic mass is 15.2. The first-order valence-corrected chi connectivity index (χ1v) is 16.5. The molecule has 4 aliphatic heterocycles. The van der Waals surface area contributed by atoms with Crippen LogP contribution in [0.25, 0.3) is 0 Å². The third kappa shape index (κ3) is 7.56. The maximum Gasteiger partial charge on any atom is 0.0154 e. The van der Waals surface area contributed by atoms with Crippen molar-refractivity contribution in [2.45, 2.75) is 137 Å². The summed E-state index contributed by atoms with van der Waals surface area (Å²) in [5, 5.41) is 0. The van der Waals surface area contributed by atoms with E-state index < -0.39 is 0 Å². The van der Waals surface area contributed by atoms with Crippen LogP contribution in [0.4, 0.5) is 0 Å². The van der Waals surface area contributed by atoms with E-state index in [1.165, 1.54) is 110 Å². The highest BCUT2D eigenvalue weighted by Crippen LogP contribution is 2.43. The first-order valence-electron chi connectivity index (χ1n) is 16.5. The normalized spacial score (nSPS) is 29.5. The predicted molar refractivity (Wildman–Crippen MR) is 165 cm³/mol. The van der Waals surface area contributed by atoms with Crippen molar-refractivity contribution in [3.8, 4) is 0 Å². The molecule has 4 fully saturated rings. The van der Waals surface area contributed by atoms with E-state index in [1.54, 1.807) is 0 Å². The Morgan fingerprint density at radius 1 is 0.605 bits per heavy atom. The monoisotopic (exact) mass is 531 g/mol. The molecule has 4 rings (SSSR count). The first kappa shape index (κ1) is 30.8. The lowest BCUT2D eigenvalue weighted by Gasteiger charge is -2.53. The Hall–Kier alpha value is -0.160. The van der Waals surface area contributed by atoms with Gasteiger partial charge in [-0.3, -0.25) is 14.7 Å². The molecule has 4 nitrogen and oxygen atoms in total. The van der Waals surface area contributed by atoms with Crippen molar-refractivity contribution in [2.24, 2.45) is 22.7 Å². The molecule has 4 saturated heterocycles. The Kier molecular flexibility index (Phi) is 9.12. The van der Waals surface area contributed by atoms with Gasteiger partial charge in [0.1, 0.15) is 0 Å². The summed E-state index contributed by atoms with van der Waals surface area (Å²) >= 11 is 0. The minimum absolute atomic E-state index is 0.292. The van der Waals surface area contributed by atoms with E-state index in [2.05, 4.69) is 88.8 Å². The lowest BCUT2D eigenvalue weighted by Crippen LogP contribution is -2.58. The highest BCUT2D eigenvalue weighted by Gasteiger charge is 2.44. The predicted octanol–water partition coefficient (Wildman–Crippen LogP) is 6.99. The molecule has 222 valence electrons. The van der Waals surface area contributed by atoms with Gasteiger partial charge in [0.25, 0.3) is 0 Å². The second-order valence-corrected chi connectivity index (χ2v) is 17.6. The van der Waals surface area contributed by atoms with Crippen LogP contribution in [0.1, 0.15) is 121 Å². The Bertz CT molecular complexity index is 764. The number of nitrogens with zero attached hydrogens (tertiary/aromatic N) is 4. The van der Waals surface area contributed by atoms with E-state index in [1.807, 2.05) is 0 Å². The van der Waals surface area contributed by atoms with Gasteiger partial charge in [-0.05, 0) is 155 Å². The van der Waals surface area contributed by atoms with Crippen LogP contribution < -0.4 is 0 Å². The molecule has 0 aliphatic carbocycles. The zero-order valence-corrected chi connectivity index (χ0v) is 27.5. The molecule has 2 atom stereocenters. The molecule has 4 heteroatoms. The fourth-order valence-corrected chi connectivity index (χ4v) is 8.56. The average molecular weight is 531 g/mol. The molecule has 38 heavy (non-hydrogen) atoms. The van der Waals surface area contributed by atoms with Crippen molar-refractivity contribution in [2.75, 3.05) is 58.9 Å². The quantitative estimate of drug-likeness (QED) is 0.367. The van der Waals surface area contributed by atoms with Crippen molar-refractivity contribution >= 4 is 0 Å². The molecular formula is C34H66N4. The summed E-state index contributed by atoms with van der Waals surface area (Å²) in [5.41, 5.74) is 1.89. The van der Waals surface area contributed by atoms with Crippen LogP contribution in [0, 0.1) is 22.7 Å². The largest absolute Gasteiger partial charge is 0.302 e. The van der Waals surface area contributed by atoms with E-state index >= 15 is 0 Å².